The van der Waals surface area contributed by atoms with E-state index in [9.17, 15) is 0 Å². The molecule has 0 heterocycles. The molecule has 0 spiro atoms. The van der Waals surface area contributed by atoms with E-state index in [1.54, 1.807) is 11.2 Å². The molecule has 18 heavy (non-hydrogen) atoms. The molecule has 0 aliphatic carbocycles. The van der Waals surface area contributed by atoms with Crippen LogP contribution in [0.15, 0.2) is 0 Å². The van der Waals surface area contributed by atoms with Gasteiger partial charge in [0, 0.05) is 25.9 Å². The quantitative estimate of drug-likeness (QED) is 0.298. The molecule has 0 unspecified atom stereocenters. The Morgan fingerprint density at radius 3 is 1.67 bits per heavy atom. The van der Waals surface area contributed by atoms with Gasteiger partial charge in [-0.1, -0.05) is 0 Å². The average Bonchev–Trinajstić information content (AvgIpc) is 2.24. The summed E-state index contributed by atoms with van der Waals surface area (Å²) >= 11 is 14.8. The normalized spacial score (nSPS) is 13.0. The standard InChI is InChI=1S/C9H24O3S4Si2/c1-4-10-17(11-5-2,12-6-3)9-7-8-16-18(13,14)15/h13-15H,4-9H2,1-3H3. The first-order chi connectivity index (χ1) is 8.39. The second-order valence-electron chi connectivity index (χ2n) is 3.51. The predicted octanol–water partition coefficient (Wildman–Crippen LogP) is 3.38. The minimum absolute atomic E-state index is 0.629. The molecule has 0 aromatic heterocycles. The van der Waals surface area contributed by atoms with Crippen molar-refractivity contribution in [3.05, 3.63) is 0 Å². The number of hydrogen-bond donors (Lipinski definition) is 3. The topological polar surface area (TPSA) is 27.7 Å². The molecular weight excluding hydrogens is 341 g/mol. The minimum atomic E-state index is -2.46. The molecular formula is C9H24O3S4Si2. The van der Waals surface area contributed by atoms with Gasteiger partial charge in [0.1, 0.15) is 0 Å². The minimum Gasteiger partial charge on any atom is -0.374 e. The van der Waals surface area contributed by atoms with Crippen molar-refractivity contribution in [2.75, 3.05) is 25.6 Å². The van der Waals surface area contributed by atoms with E-state index in [0.717, 1.165) is 18.2 Å². The summed E-state index contributed by atoms with van der Waals surface area (Å²) in [6.07, 6.45) is 0.979. The highest BCUT2D eigenvalue weighted by molar-refractivity contribution is 8.91. The Labute approximate surface area is 132 Å². The Morgan fingerprint density at radius 2 is 1.33 bits per heavy atom. The average molecular weight is 365 g/mol. The summed E-state index contributed by atoms with van der Waals surface area (Å²) < 4.78 is 15.4. The second kappa shape index (κ2) is 10.4. The molecule has 0 rings (SSSR count). The Kier molecular flexibility index (Phi) is 11.4. The highest BCUT2D eigenvalue weighted by atomic mass is 32.9. The second-order valence-corrected chi connectivity index (χ2v) is 22.7. The molecule has 0 fully saturated rings. The lowest BCUT2D eigenvalue weighted by molar-refractivity contribution is 0.0712. The van der Waals surface area contributed by atoms with Crippen LogP contribution in [0.5, 0.6) is 0 Å². The van der Waals surface area contributed by atoms with Gasteiger partial charge in [0.05, 0.1) is 0 Å². The van der Waals surface area contributed by atoms with E-state index in [-0.39, 0.29) is 0 Å². The van der Waals surface area contributed by atoms with Crippen molar-refractivity contribution >= 4 is 60.9 Å². The van der Waals surface area contributed by atoms with Gasteiger partial charge < -0.3 is 13.3 Å². The first-order valence-electron chi connectivity index (χ1n) is 6.12. The van der Waals surface area contributed by atoms with Gasteiger partial charge >= 0.3 is 8.80 Å². The maximum atomic E-state index is 5.78. The highest BCUT2D eigenvalue weighted by Gasteiger charge is 2.39. The summed E-state index contributed by atoms with van der Waals surface area (Å²) in [5.74, 6) is 0.963. The molecule has 0 bridgehead atoms. The van der Waals surface area contributed by atoms with E-state index in [0.29, 0.717) is 19.8 Å². The van der Waals surface area contributed by atoms with Crippen LogP contribution >= 0.6 is 47.4 Å². The van der Waals surface area contributed by atoms with Crippen molar-refractivity contribution < 1.29 is 13.3 Å². The Morgan fingerprint density at radius 1 is 0.889 bits per heavy atom. The number of rotatable bonds is 11. The van der Waals surface area contributed by atoms with Crippen LogP contribution in [0.2, 0.25) is 6.04 Å². The summed E-state index contributed by atoms with van der Waals surface area (Å²) in [5.41, 5.74) is 0. The summed E-state index contributed by atoms with van der Waals surface area (Å²) in [5, 5.41) is 0. The smallest absolute Gasteiger partial charge is 0.374 e. The van der Waals surface area contributed by atoms with Gasteiger partial charge in [-0.15, -0.1) is 0 Å². The van der Waals surface area contributed by atoms with Crippen LogP contribution in [-0.2, 0) is 13.3 Å². The van der Waals surface area contributed by atoms with Crippen molar-refractivity contribution in [1.29, 1.82) is 0 Å². The van der Waals surface area contributed by atoms with E-state index in [1.165, 1.54) is 0 Å². The summed E-state index contributed by atoms with van der Waals surface area (Å²) in [7, 11) is -2.46. The maximum Gasteiger partial charge on any atom is 0.500 e. The molecule has 9 heteroatoms. The molecule has 110 valence electrons. The van der Waals surface area contributed by atoms with E-state index in [2.05, 4.69) is 36.2 Å². The van der Waals surface area contributed by atoms with Crippen LogP contribution < -0.4 is 0 Å². The van der Waals surface area contributed by atoms with Crippen molar-refractivity contribution in [2.45, 2.75) is 33.2 Å². The molecule has 3 nitrogen and oxygen atoms in total. The van der Waals surface area contributed by atoms with Crippen LogP contribution in [0.1, 0.15) is 27.2 Å². The fourth-order valence-corrected chi connectivity index (χ4v) is 8.65. The largest absolute Gasteiger partial charge is 0.500 e. The third-order valence-electron chi connectivity index (χ3n) is 2.02. The van der Waals surface area contributed by atoms with Crippen molar-refractivity contribution in [2.24, 2.45) is 0 Å². The van der Waals surface area contributed by atoms with Gasteiger partial charge in [-0.05, 0) is 32.9 Å². The zero-order valence-corrected chi connectivity index (χ0v) is 16.7. The highest BCUT2D eigenvalue weighted by Crippen LogP contribution is 2.33. The van der Waals surface area contributed by atoms with Gasteiger partial charge in [0.15, 0.2) is 0 Å². The third kappa shape index (κ3) is 9.59. The monoisotopic (exact) mass is 364 g/mol. The summed E-state index contributed by atoms with van der Waals surface area (Å²) in [6.45, 7) is 7.81. The molecule has 0 aliphatic rings. The zero-order chi connectivity index (χ0) is 14.1. The Bertz CT molecular complexity index is 199. The SMILES string of the molecule is CCO[Si](CCCS[Si](S)(S)S)(OCC)OCC. The van der Waals surface area contributed by atoms with Crippen molar-refractivity contribution in [3.63, 3.8) is 0 Å². The van der Waals surface area contributed by atoms with E-state index < -0.39 is 13.5 Å². The Hall–Kier alpha value is 1.71. The first kappa shape index (κ1) is 19.7. The third-order valence-corrected chi connectivity index (χ3v) is 11.3. The lowest BCUT2D eigenvalue weighted by Crippen LogP contribution is -2.46. The molecule has 0 aromatic rings. The van der Waals surface area contributed by atoms with Crippen LogP contribution in [0, 0.1) is 0 Å². The van der Waals surface area contributed by atoms with E-state index in [1.807, 2.05) is 20.8 Å². The summed E-state index contributed by atoms with van der Waals surface area (Å²) in [4.78, 5) is 0. The molecule has 0 saturated heterocycles. The van der Waals surface area contributed by atoms with Crippen molar-refractivity contribution in [3.8, 4) is 0 Å². The van der Waals surface area contributed by atoms with E-state index in [4.69, 9.17) is 13.3 Å². The van der Waals surface area contributed by atoms with Gasteiger partial charge in [0.2, 0.25) is 0 Å². The maximum absolute atomic E-state index is 5.78. The van der Waals surface area contributed by atoms with Crippen LogP contribution in [0.25, 0.3) is 0 Å². The van der Waals surface area contributed by atoms with Gasteiger partial charge in [-0.3, -0.25) is 0 Å². The van der Waals surface area contributed by atoms with Gasteiger partial charge in [0.25, 0.3) is 4.67 Å². The summed E-state index contributed by atoms with van der Waals surface area (Å²) in [6, 6.07) is 0.843. The van der Waals surface area contributed by atoms with Crippen LogP contribution in [0.3, 0.4) is 0 Å². The van der Waals surface area contributed by atoms with E-state index >= 15 is 0 Å². The number of thiol groups is 3. The molecule has 0 aromatic carbocycles. The van der Waals surface area contributed by atoms with Crippen molar-refractivity contribution in [1.82, 2.24) is 0 Å². The first-order valence-corrected chi connectivity index (χ1v) is 15.6. The van der Waals surface area contributed by atoms with Gasteiger partial charge in [-0.2, -0.15) is 47.4 Å². The van der Waals surface area contributed by atoms with Crippen LogP contribution in [0.4, 0.5) is 0 Å². The lowest BCUT2D eigenvalue weighted by atomic mass is 10.6. The molecule has 0 atom stereocenters. The molecule has 0 N–H and O–H groups in total. The van der Waals surface area contributed by atoms with Crippen LogP contribution in [-0.4, -0.2) is 39.0 Å². The zero-order valence-electron chi connectivity index (χ0n) is 11.2. The molecule has 0 amide bonds. The fourth-order valence-electron chi connectivity index (χ4n) is 1.50. The van der Waals surface area contributed by atoms with Gasteiger partial charge in [-0.25, -0.2) is 0 Å². The molecule has 0 saturated carbocycles. The predicted molar refractivity (Wildman–Crippen MR) is 95.2 cm³/mol. The number of hydrogen-bond acceptors (Lipinski definition) is 7. The fraction of sp³-hybridized carbons (Fsp3) is 1.00. The molecule has 0 radical (unpaired) electrons. The molecule has 0 aliphatic heterocycles. The lowest BCUT2D eigenvalue weighted by Gasteiger charge is -2.28. The Balaban J connectivity index is 4.21.